The van der Waals surface area contributed by atoms with Gasteiger partial charge >= 0.3 is 6.18 Å². The van der Waals surface area contributed by atoms with Crippen LogP contribution in [0, 0.1) is 0 Å². The van der Waals surface area contributed by atoms with Crippen LogP contribution in [0.15, 0.2) is 71.8 Å². The Morgan fingerprint density at radius 1 is 1.07 bits per heavy atom. The second kappa shape index (κ2) is 12.4. The summed E-state index contributed by atoms with van der Waals surface area (Å²) < 4.78 is 69.0. The average molecular weight is 576 g/mol. The van der Waals surface area contributed by atoms with Crippen LogP contribution in [0.1, 0.15) is 53.2 Å². The molecule has 1 aliphatic rings. The highest BCUT2D eigenvalue weighted by atomic mass is 32.2. The normalized spacial score (nSPS) is 17.7. The number of aromatic nitrogens is 1. The molecule has 40 heavy (non-hydrogen) atoms. The van der Waals surface area contributed by atoms with Crippen molar-refractivity contribution in [2.24, 2.45) is 0 Å². The van der Waals surface area contributed by atoms with Crippen LogP contribution in [0.2, 0.25) is 0 Å². The summed E-state index contributed by atoms with van der Waals surface area (Å²) in [6.45, 7) is 5.02. The minimum Gasteiger partial charge on any atom is -0.380 e. The molecule has 2 atom stereocenters. The van der Waals surface area contributed by atoms with E-state index >= 15 is 0 Å². The highest BCUT2D eigenvalue weighted by molar-refractivity contribution is 7.91. The smallest absolute Gasteiger partial charge is 0.380 e. The average Bonchev–Trinajstić information content (AvgIpc) is 3.38. The standard InChI is InChI=1S/C29H32F3N3O4S/c1-3-39-19-24-16-22(21-9-11-23(12-10-21)29(30,31)32)18-35(24)27-26(6-5-15-33-27)28(36)34-17-20-7-13-25(14-8-20)40(37,38)4-2/h5-15,22,24H,3-4,16-19H2,1-2H3,(H,34,36)/t22?,24-/m0/s1. The molecule has 4 rings (SSSR count). The second-order valence-electron chi connectivity index (χ2n) is 9.62. The number of anilines is 1. The summed E-state index contributed by atoms with van der Waals surface area (Å²) in [7, 11) is -3.31. The number of nitrogens with one attached hydrogen (secondary N) is 1. The summed E-state index contributed by atoms with van der Waals surface area (Å²) in [6, 6.07) is 14.8. The number of halogens is 3. The molecule has 0 spiro atoms. The fourth-order valence-corrected chi connectivity index (χ4v) is 5.72. The fraction of sp³-hybridized carbons (Fsp3) is 0.379. The zero-order valence-corrected chi connectivity index (χ0v) is 23.1. The zero-order chi connectivity index (χ0) is 28.9. The third-order valence-electron chi connectivity index (χ3n) is 7.06. The number of pyridine rings is 1. The van der Waals surface area contributed by atoms with Crippen molar-refractivity contribution in [2.45, 2.75) is 49.8 Å². The molecule has 0 saturated carbocycles. The molecule has 1 saturated heterocycles. The Bertz CT molecular complexity index is 1410. The number of benzene rings is 2. The maximum Gasteiger partial charge on any atom is 0.416 e. The molecule has 0 aliphatic carbocycles. The van der Waals surface area contributed by atoms with Gasteiger partial charge in [0.05, 0.1) is 34.4 Å². The maximum atomic E-state index is 13.3. The molecular weight excluding hydrogens is 543 g/mol. The van der Waals surface area contributed by atoms with Crippen molar-refractivity contribution in [3.8, 4) is 0 Å². The van der Waals surface area contributed by atoms with E-state index in [-0.39, 0.29) is 35.1 Å². The fourth-order valence-electron chi connectivity index (χ4n) is 4.84. The van der Waals surface area contributed by atoms with E-state index in [1.54, 1.807) is 37.4 Å². The monoisotopic (exact) mass is 575 g/mol. The van der Waals surface area contributed by atoms with Crippen LogP contribution in [0.25, 0.3) is 0 Å². The highest BCUT2D eigenvalue weighted by Crippen LogP contribution is 2.37. The number of ether oxygens (including phenoxy) is 1. The van der Waals surface area contributed by atoms with Crippen LogP contribution in [0.4, 0.5) is 19.0 Å². The van der Waals surface area contributed by atoms with Gasteiger partial charge in [0.15, 0.2) is 9.84 Å². The SMILES string of the molecule is CCOC[C@@H]1CC(c2ccc(C(F)(F)F)cc2)CN1c1ncccc1C(=O)NCc1ccc(S(=O)(=O)CC)cc1. The lowest BCUT2D eigenvalue weighted by molar-refractivity contribution is -0.137. The van der Waals surface area contributed by atoms with E-state index in [1.807, 2.05) is 11.8 Å². The molecule has 7 nitrogen and oxygen atoms in total. The number of amides is 1. The highest BCUT2D eigenvalue weighted by Gasteiger charge is 2.36. The lowest BCUT2D eigenvalue weighted by atomic mass is 9.95. The van der Waals surface area contributed by atoms with Crippen LogP contribution < -0.4 is 10.2 Å². The number of sulfone groups is 1. The van der Waals surface area contributed by atoms with E-state index in [0.717, 1.165) is 23.3 Å². The first-order valence-electron chi connectivity index (χ1n) is 13.1. The summed E-state index contributed by atoms with van der Waals surface area (Å²) in [5.74, 6) is 0.0708. The van der Waals surface area contributed by atoms with Crippen LogP contribution in [0.5, 0.6) is 0 Å². The Morgan fingerprint density at radius 3 is 2.40 bits per heavy atom. The van der Waals surface area contributed by atoms with E-state index < -0.39 is 21.6 Å². The van der Waals surface area contributed by atoms with Crippen LogP contribution in [-0.4, -0.2) is 50.9 Å². The van der Waals surface area contributed by atoms with Gasteiger partial charge in [0.1, 0.15) is 5.82 Å². The third-order valence-corrected chi connectivity index (χ3v) is 8.81. The van der Waals surface area contributed by atoms with Crippen molar-refractivity contribution in [1.82, 2.24) is 10.3 Å². The molecule has 2 heterocycles. The molecular formula is C29H32F3N3O4S. The molecule has 1 N–H and O–H groups in total. The quantitative estimate of drug-likeness (QED) is 0.357. The van der Waals surface area contributed by atoms with Gasteiger partial charge in [-0.2, -0.15) is 13.2 Å². The lowest BCUT2D eigenvalue weighted by Gasteiger charge is -2.27. The Balaban J connectivity index is 1.52. The summed E-state index contributed by atoms with van der Waals surface area (Å²) in [5.41, 5.74) is 1.20. The number of rotatable bonds is 10. The van der Waals surface area contributed by atoms with Gasteiger partial charge in [-0.15, -0.1) is 0 Å². The summed E-state index contributed by atoms with van der Waals surface area (Å²) in [6.07, 6.45) is -2.17. The number of hydrogen-bond donors (Lipinski definition) is 1. The van der Waals surface area contributed by atoms with Gasteiger partial charge in [0.2, 0.25) is 0 Å². The number of hydrogen-bond acceptors (Lipinski definition) is 6. The van der Waals surface area contributed by atoms with Crippen LogP contribution >= 0.6 is 0 Å². The maximum absolute atomic E-state index is 13.3. The first kappa shape index (κ1) is 29.5. The van der Waals surface area contributed by atoms with Crippen molar-refractivity contribution in [3.63, 3.8) is 0 Å². The van der Waals surface area contributed by atoms with Crippen LogP contribution in [-0.2, 0) is 27.3 Å². The van der Waals surface area contributed by atoms with E-state index in [4.69, 9.17) is 4.74 Å². The molecule has 11 heteroatoms. The molecule has 0 radical (unpaired) electrons. The summed E-state index contributed by atoms with van der Waals surface area (Å²) >= 11 is 0. The number of nitrogens with zero attached hydrogens (tertiary/aromatic N) is 2. The predicted molar refractivity (Wildman–Crippen MR) is 146 cm³/mol. The van der Waals surface area contributed by atoms with Gasteiger partial charge < -0.3 is 15.0 Å². The van der Waals surface area contributed by atoms with Gasteiger partial charge in [0.25, 0.3) is 5.91 Å². The van der Waals surface area contributed by atoms with E-state index in [2.05, 4.69) is 10.3 Å². The molecule has 3 aromatic rings. The van der Waals surface area contributed by atoms with E-state index in [1.165, 1.54) is 24.3 Å². The molecule has 1 aromatic heterocycles. The summed E-state index contributed by atoms with van der Waals surface area (Å²) in [4.78, 5) is 20.0. The molecule has 0 bridgehead atoms. The Morgan fingerprint density at radius 2 is 1.77 bits per heavy atom. The van der Waals surface area contributed by atoms with E-state index in [0.29, 0.717) is 37.6 Å². The minimum atomic E-state index is -4.40. The van der Waals surface area contributed by atoms with Crippen molar-refractivity contribution >= 4 is 21.6 Å². The Hall–Kier alpha value is -3.44. The topological polar surface area (TPSA) is 88.6 Å². The third kappa shape index (κ3) is 6.82. The van der Waals surface area contributed by atoms with Gasteiger partial charge in [-0.25, -0.2) is 13.4 Å². The minimum absolute atomic E-state index is 0.00732. The second-order valence-corrected chi connectivity index (χ2v) is 11.9. The first-order chi connectivity index (χ1) is 19.0. The van der Waals surface area contributed by atoms with Gasteiger partial charge in [-0.05, 0) is 60.9 Å². The van der Waals surface area contributed by atoms with Crippen LogP contribution in [0.3, 0.4) is 0 Å². The molecule has 1 unspecified atom stereocenters. The van der Waals surface area contributed by atoms with Gasteiger partial charge in [0, 0.05) is 31.8 Å². The van der Waals surface area contributed by atoms with Gasteiger partial charge in [-0.3, -0.25) is 4.79 Å². The van der Waals surface area contributed by atoms with Crippen molar-refractivity contribution < 1.29 is 31.1 Å². The number of carbonyl (C=O) groups excluding carboxylic acids is 1. The summed E-state index contributed by atoms with van der Waals surface area (Å²) in [5, 5.41) is 2.88. The Kier molecular flexibility index (Phi) is 9.15. The van der Waals surface area contributed by atoms with Crippen molar-refractivity contribution in [1.29, 1.82) is 0 Å². The molecule has 214 valence electrons. The van der Waals surface area contributed by atoms with Gasteiger partial charge in [-0.1, -0.05) is 31.2 Å². The van der Waals surface area contributed by atoms with Crippen molar-refractivity contribution in [2.75, 3.05) is 30.4 Å². The Labute approximate surface area is 232 Å². The first-order valence-corrected chi connectivity index (χ1v) is 14.7. The van der Waals surface area contributed by atoms with E-state index in [9.17, 15) is 26.4 Å². The lowest BCUT2D eigenvalue weighted by Crippen LogP contribution is -2.36. The molecule has 1 fully saturated rings. The number of carbonyl (C=O) groups is 1. The molecule has 2 aromatic carbocycles. The predicted octanol–water partition coefficient (Wildman–Crippen LogP) is 5.22. The number of alkyl halides is 3. The van der Waals surface area contributed by atoms with Crippen molar-refractivity contribution in [3.05, 3.63) is 89.1 Å². The molecule has 1 amide bonds. The molecule has 1 aliphatic heterocycles. The zero-order valence-electron chi connectivity index (χ0n) is 22.3. The largest absolute Gasteiger partial charge is 0.416 e.